The quantitative estimate of drug-likeness (QED) is 0.337. The maximum atomic E-state index is 12.7. The summed E-state index contributed by atoms with van der Waals surface area (Å²) >= 11 is 3.48. The molecular weight excluding hydrogens is 334 g/mol. The highest BCUT2D eigenvalue weighted by molar-refractivity contribution is 9.10. The normalized spacial score (nSPS) is 17.8. The van der Waals surface area contributed by atoms with Crippen molar-refractivity contribution in [3.8, 4) is 0 Å². The first-order chi connectivity index (χ1) is 9.90. The third-order valence-corrected chi connectivity index (χ3v) is 4.79. The van der Waals surface area contributed by atoms with Crippen molar-refractivity contribution in [1.29, 1.82) is 0 Å². The standard InChI is InChI=1S/C15H20BrN3O2/c1-9-7-10(2)12(11(16)8-9)18-14(20)15(13(17)19-21)5-3-4-6-15/h7-8,21H,3-6H2,1-2H3,(H2,17,19)(H,18,20). The van der Waals surface area contributed by atoms with Crippen LogP contribution in [0, 0.1) is 19.3 Å². The number of aryl methyl sites for hydroxylation is 2. The largest absolute Gasteiger partial charge is 0.409 e. The molecule has 0 atom stereocenters. The van der Waals surface area contributed by atoms with Crippen molar-refractivity contribution in [1.82, 2.24) is 0 Å². The number of rotatable bonds is 3. The molecule has 114 valence electrons. The van der Waals surface area contributed by atoms with Gasteiger partial charge in [-0.05, 0) is 59.8 Å². The van der Waals surface area contributed by atoms with Gasteiger partial charge in [0.2, 0.25) is 5.91 Å². The lowest BCUT2D eigenvalue weighted by Crippen LogP contribution is -2.45. The number of amides is 1. The third kappa shape index (κ3) is 2.90. The number of oxime groups is 1. The van der Waals surface area contributed by atoms with E-state index in [1.54, 1.807) is 0 Å². The molecule has 4 N–H and O–H groups in total. The van der Waals surface area contributed by atoms with Gasteiger partial charge in [-0.1, -0.05) is 24.1 Å². The molecule has 0 aromatic heterocycles. The van der Waals surface area contributed by atoms with Crippen LogP contribution in [0.2, 0.25) is 0 Å². The van der Waals surface area contributed by atoms with E-state index >= 15 is 0 Å². The second-order valence-corrected chi connectivity index (χ2v) is 6.52. The summed E-state index contributed by atoms with van der Waals surface area (Å²) < 4.78 is 0.834. The van der Waals surface area contributed by atoms with Crippen molar-refractivity contribution in [3.05, 3.63) is 27.7 Å². The van der Waals surface area contributed by atoms with Gasteiger partial charge in [0.05, 0.1) is 5.69 Å². The van der Waals surface area contributed by atoms with Crippen LogP contribution >= 0.6 is 15.9 Å². The van der Waals surface area contributed by atoms with Crippen LogP contribution in [0.15, 0.2) is 21.8 Å². The van der Waals surface area contributed by atoms with Gasteiger partial charge in [0.1, 0.15) is 5.41 Å². The number of nitrogens with two attached hydrogens (primary N) is 1. The molecule has 1 fully saturated rings. The Bertz CT molecular complexity index is 570. The van der Waals surface area contributed by atoms with E-state index in [9.17, 15) is 4.79 Å². The first-order valence-corrected chi connectivity index (χ1v) is 7.76. The summed E-state index contributed by atoms with van der Waals surface area (Å²) in [6.07, 6.45) is 3.02. The van der Waals surface area contributed by atoms with Crippen LogP contribution in [-0.4, -0.2) is 17.0 Å². The molecule has 0 spiro atoms. The second kappa shape index (κ2) is 6.05. The fourth-order valence-electron chi connectivity index (χ4n) is 2.98. The molecule has 2 rings (SSSR count). The number of amidine groups is 1. The van der Waals surface area contributed by atoms with Crippen LogP contribution in [0.25, 0.3) is 0 Å². The fraction of sp³-hybridized carbons (Fsp3) is 0.467. The second-order valence-electron chi connectivity index (χ2n) is 5.67. The van der Waals surface area contributed by atoms with Crippen LogP contribution in [-0.2, 0) is 4.79 Å². The summed E-state index contributed by atoms with van der Waals surface area (Å²) in [5.74, 6) is -0.207. The summed E-state index contributed by atoms with van der Waals surface area (Å²) in [6.45, 7) is 3.94. The molecule has 1 aromatic rings. The van der Waals surface area contributed by atoms with E-state index in [4.69, 9.17) is 10.9 Å². The average Bonchev–Trinajstić information content (AvgIpc) is 2.92. The van der Waals surface area contributed by atoms with Gasteiger partial charge >= 0.3 is 0 Å². The van der Waals surface area contributed by atoms with Gasteiger partial charge in [-0.15, -0.1) is 0 Å². The molecule has 21 heavy (non-hydrogen) atoms. The predicted molar refractivity (Wildman–Crippen MR) is 86.6 cm³/mol. The topological polar surface area (TPSA) is 87.7 Å². The maximum absolute atomic E-state index is 12.7. The molecule has 0 bridgehead atoms. The van der Waals surface area contributed by atoms with E-state index in [0.29, 0.717) is 12.8 Å². The van der Waals surface area contributed by atoms with E-state index in [2.05, 4.69) is 26.4 Å². The summed E-state index contributed by atoms with van der Waals surface area (Å²) in [6, 6.07) is 3.96. The summed E-state index contributed by atoms with van der Waals surface area (Å²) in [4.78, 5) is 12.7. The van der Waals surface area contributed by atoms with Crippen molar-refractivity contribution in [2.24, 2.45) is 16.3 Å². The Kier molecular flexibility index (Phi) is 4.56. The Morgan fingerprint density at radius 3 is 2.52 bits per heavy atom. The van der Waals surface area contributed by atoms with Crippen molar-refractivity contribution in [3.63, 3.8) is 0 Å². The number of carbonyl (C=O) groups is 1. The first-order valence-electron chi connectivity index (χ1n) is 6.97. The van der Waals surface area contributed by atoms with Crippen molar-refractivity contribution in [2.75, 3.05) is 5.32 Å². The zero-order valence-corrected chi connectivity index (χ0v) is 13.8. The molecular formula is C15H20BrN3O2. The van der Waals surface area contributed by atoms with E-state index in [0.717, 1.165) is 34.1 Å². The predicted octanol–water partition coefficient (Wildman–Crippen LogP) is 3.31. The summed E-state index contributed by atoms with van der Waals surface area (Å²) in [7, 11) is 0. The zero-order valence-electron chi connectivity index (χ0n) is 12.2. The van der Waals surface area contributed by atoms with Crippen LogP contribution in [0.5, 0.6) is 0 Å². The lowest BCUT2D eigenvalue weighted by atomic mass is 9.83. The molecule has 0 saturated heterocycles. The minimum atomic E-state index is -0.897. The average molecular weight is 354 g/mol. The van der Waals surface area contributed by atoms with Crippen molar-refractivity contribution in [2.45, 2.75) is 39.5 Å². The zero-order chi connectivity index (χ0) is 15.6. The van der Waals surface area contributed by atoms with Gasteiger partial charge in [0, 0.05) is 4.47 Å². The number of anilines is 1. The van der Waals surface area contributed by atoms with E-state index in [1.165, 1.54) is 0 Å². The Morgan fingerprint density at radius 2 is 2.00 bits per heavy atom. The lowest BCUT2D eigenvalue weighted by molar-refractivity contribution is -0.122. The monoisotopic (exact) mass is 353 g/mol. The van der Waals surface area contributed by atoms with Crippen molar-refractivity contribution >= 4 is 33.4 Å². The molecule has 1 aromatic carbocycles. The summed E-state index contributed by atoms with van der Waals surface area (Å²) in [5.41, 5.74) is 7.73. The van der Waals surface area contributed by atoms with Gasteiger partial charge in [0.15, 0.2) is 5.84 Å². The van der Waals surface area contributed by atoms with Gasteiger partial charge in [-0.25, -0.2) is 0 Å². The Hall–Kier alpha value is -1.56. The first kappa shape index (κ1) is 15.8. The van der Waals surface area contributed by atoms with E-state index < -0.39 is 5.41 Å². The number of nitrogens with zero attached hydrogens (tertiary/aromatic N) is 1. The highest BCUT2D eigenvalue weighted by Crippen LogP contribution is 2.40. The van der Waals surface area contributed by atoms with E-state index in [1.807, 2.05) is 26.0 Å². The Morgan fingerprint density at radius 1 is 1.38 bits per heavy atom. The minimum absolute atomic E-state index is 0.00149. The maximum Gasteiger partial charge on any atom is 0.238 e. The van der Waals surface area contributed by atoms with Gasteiger partial charge in [-0.3, -0.25) is 4.79 Å². The van der Waals surface area contributed by atoms with Crippen LogP contribution < -0.4 is 11.1 Å². The Balaban J connectivity index is 2.33. The lowest BCUT2D eigenvalue weighted by Gasteiger charge is -2.26. The van der Waals surface area contributed by atoms with Gasteiger partial charge < -0.3 is 16.3 Å². The molecule has 1 aliphatic rings. The molecule has 0 radical (unpaired) electrons. The molecule has 5 nitrogen and oxygen atoms in total. The van der Waals surface area contributed by atoms with Crippen LogP contribution in [0.3, 0.4) is 0 Å². The molecule has 0 heterocycles. The molecule has 0 aliphatic heterocycles. The smallest absolute Gasteiger partial charge is 0.238 e. The summed E-state index contributed by atoms with van der Waals surface area (Å²) in [5, 5.41) is 15.0. The number of benzene rings is 1. The number of carbonyl (C=O) groups excluding carboxylic acids is 1. The van der Waals surface area contributed by atoms with Gasteiger partial charge in [-0.2, -0.15) is 0 Å². The number of halogens is 1. The minimum Gasteiger partial charge on any atom is -0.409 e. The number of nitrogens with one attached hydrogen (secondary N) is 1. The number of hydrogen-bond acceptors (Lipinski definition) is 3. The third-order valence-electron chi connectivity index (χ3n) is 4.16. The molecule has 1 aliphatic carbocycles. The van der Waals surface area contributed by atoms with Gasteiger partial charge in [0.25, 0.3) is 0 Å². The molecule has 1 amide bonds. The molecule has 1 saturated carbocycles. The SMILES string of the molecule is Cc1cc(C)c(NC(=O)C2(/C(N)=N/O)CCCC2)c(Br)c1. The van der Waals surface area contributed by atoms with E-state index in [-0.39, 0.29) is 11.7 Å². The Labute approximate surface area is 132 Å². The van der Waals surface area contributed by atoms with Crippen LogP contribution in [0.1, 0.15) is 36.8 Å². The van der Waals surface area contributed by atoms with Crippen LogP contribution in [0.4, 0.5) is 5.69 Å². The number of hydrogen-bond donors (Lipinski definition) is 3. The fourth-order valence-corrected chi connectivity index (χ4v) is 3.75. The highest BCUT2D eigenvalue weighted by atomic mass is 79.9. The van der Waals surface area contributed by atoms with Crippen molar-refractivity contribution < 1.29 is 10.0 Å². The molecule has 0 unspecified atom stereocenters. The highest BCUT2D eigenvalue weighted by Gasteiger charge is 2.45. The molecule has 6 heteroatoms.